The fourth-order valence-electron chi connectivity index (χ4n) is 2.32. The third-order valence-electron chi connectivity index (χ3n) is 3.04. The van der Waals surface area contributed by atoms with Crippen LogP contribution in [0.5, 0.6) is 0 Å². The van der Waals surface area contributed by atoms with E-state index in [1.807, 2.05) is 0 Å². The lowest BCUT2D eigenvalue weighted by atomic mass is 9.77. The fourth-order valence-corrected chi connectivity index (χ4v) is 2.32. The highest BCUT2D eigenvalue weighted by Gasteiger charge is 2.43. The summed E-state index contributed by atoms with van der Waals surface area (Å²) in [6, 6.07) is 0.0147. The first-order chi connectivity index (χ1) is 6.07. The van der Waals surface area contributed by atoms with Crippen LogP contribution >= 0.6 is 0 Å². The zero-order chi connectivity index (χ0) is 9.47. The highest BCUT2D eigenvalue weighted by atomic mass is 19.3. The molecule has 1 N–H and O–H groups in total. The van der Waals surface area contributed by atoms with Crippen molar-refractivity contribution in [1.29, 1.82) is 0 Å². The van der Waals surface area contributed by atoms with E-state index in [4.69, 9.17) is 0 Å². The molecule has 2 fully saturated rings. The molecule has 0 aromatic rings. The van der Waals surface area contributed by atoms with Gasteiger partial charge in [-0.3, -0.25) is 4.79 Å². The predicted octanol–water partition coefficient (Wildman–Crippen LogP) is 1.70. The van der Waals surface area contributed by atoms with E-state index in [-0.39, 0.29) is 30.7 Å². The lowest BCUT2D eigenvalue weighted by Gasteiger charge is -2.39. The molecule has 0 aromatic heterocycles. The van der Waals surface area contributed by atoms with Crippen LogP contribution in [0.1, 0.15) is 32.1 Å². The molecule has 2 nitrogen and oxygen atoms in total. The molecule has 13 heavy (non-hydrogen) atoms. The molecule has 0 bridgehead atoms. The first-order valence-electron chi connectivity index (χ1n) is 4.74. The van der Waals surface area contributed by atoms with E-state index in [0.29, 0.717) is 19.3 Å². The van der Waals surface area contributed by atoms with Gasteiger partial charge in [0.2, 0.25) is 11.8 Å². The maximum Gasteiger partial charge on any atom is 0.248 e. The monoisotopic (exact) mass is 189 g/mol. The molecule has 1 heterocycles. The van der Waals surface area contributed by atoms with E-state index in [1.165, 1.54) is 0 Å². The predicted molar refractivity (Wildman–Crippen MR) is 43.5 cm³/mol. The van der Waals surface area contributed by atoms with Crippen LogP contribution in [0, 0.1) is 5.92 Å². The standard InChI is InChI=1S/C9H13F2NO/c10-9(11)4-3-7-6(5-9)1-2-8(13)12-7/h6-7H,1-5H2,(H,12,13). The Kier molecular flexibility index (Phi) is 2.00. The van der Waals surface area contributed by atoms with E-state index in [1.54, 1.807) is 0 Å². The summed E-state index contributed by atoms with van der Waals surface area (Å²) in [6.45, 7) is 0. The third kappa shape index (κ3) is 1.81. The second-order valence-corrected chi connectivity index (χ2v) is 4.07. The Labute approximate surface area is 75.7 Å². The molecule has 1 aliphatic carbocycles. The number of fused-ring (bicyclic) bond motifs is 1. The number of hydrogen-bond donors (Lipinski definition) is 1. The minimum absolute atomic E-state index is 0.00134. The van der Waals surface area contributed by atoms with E-state index in [9.17, 15) is 13.6 Å². The number of hydrogen-bond acceptors (Lipinski definition) is 1. The van der Waals surface area contributed by atoms with Gasteiger partial charge in [0.15, 0.2) is 0 Å². The van der Waals surface area contributed by atoms with Crippen molar-refractivity contribution in [2.45, 2.75) is 44.1 Å². The fraction of sp³-hybridized carbons (Fsp3) is 0.889. The summed E-state index contributed by atoms with van der Waals surface area (Å²) in [7, 11) is 0. The molecule has 0 aromatic carbocycles. The van der Waals surface area contributed by atoms with Crippen LogP contribution in [0.3, 0.4) is 0 Å². The summed E-state index contributed by atoms with van der Waals surface area (Å²) in [5, 5.41) is 2.78. The van der Waals surface area contributed by atoms with Gasteiger partial charge in [-0.25, -0.2) is 8.78 Å². The van der Waals surface area contributed by atoms with Gasteiger partial charge in [-0.2, -0.15) is 0 Å². The van der Waals surface area contributed by atoms with Gasteiger partial charge in [-0.15, -0.1) is 0 Å². The lowest BCUT2D eigenvalue weighted by molar-refractivity contribution is -0.128. The number of halogens is 2. The largest absolute Gasteiger partial charge is 0.353 e. The number of alkyl halides is 2. The molecule has 2 atom stereocenters. The summed E-state index contributed by atoms with van der Waals surface area (Å²) in [5.74, 6) is -2.48. The Hall–Kier alpha value is -0.670. The van der Waals surface area contributed by atoms with Gasteiger partial charge in [0, 0.05) is 25.3 Å². The molecule has 2 aliphatic rings. The van der Waals surface area contributed by atoms with Crippen molar-refractivity contribution < 1.29 is 13.6 Å². The number of amides is 1. The van der Waals surface area contributed by atoms with Crippen LogP contribution in [0.25, 0.3) is 0 Å². The summed E-state index contributed by atoms with van der Waals surface area (Å²) in [4.78, 5) is 11.0. The molecule has 2 unspecified atom stereocenters. The Morgan fingerprint density at radius 2 is 2.15 bits per heavy atom. The first-order valence-corrected chi connectivity index (χ1v) is 4.74. The number of piperidine rings is 1. The Balaban J connectivity index is 2.02. The maximum atomic E-state index is 13.0. The molecule has 1 amide bonds. The van der Waals surface area contributed by atoms with Gasteiger partial charge in [-0.05, 0) is 18.8 Å². The molecule has 0 spiro atoms. The van der Waals surface area contributed by atoms with Crippen molar-refractivity contribution in [1.82, 2.24) is 5.32 Å². The van der Waals surface area contributed by atoms with E-state index < -0.39 is 5.92 Å². The summed E-state index contributed by atoms with van der Waals surface area (Å²) in [6.07, 6.45) is 1.36. The molecular formula is C9H13F2NO. The van der Waals surface area contributed by atoms with Crippen LogP contribution in [0.2, 0.25) is 0 Å². The molecule has 1 saturated heterocycles. The van der Waals surface area contributed by atoms with Gasteiger partial charge in [0.25, 0.3) is 0 Å². The van der Waals surface area contributed by atoms with E-state index >= 15 is 0 Å². The van der Waals surface area contributed by atoms with Crippen molar-refractivity contribution >= 4 is 5.91 Å². The van der Waals surface area contributed by atoms with Crippen LogP contribution < -0.4 is 5.32 Å². The number of carbonyl (C=O) groups is 1. The topological polar surface area (TPSA) is 29.1 Å². The SMILES string of the molecule is O=C1CCC2CC(F)(F)CCC2N1. The Morgan fingerprint density at radius 1 is 1.38 bits per heavy atom. The minimum atomic E-state index is -2.50. The zero-order valence-corrected chi connectivity index (χ0v) is 7.35. The number of carbonyl (C=O) groups excluding carboxylic acids is 1. The smallest absolute Gasteiger partial charge is 0.248 e. The van der Waals surface area contributed by atoms with Gasteiger partial charge >= 0.3 is 0 Å². The van der Waals surface area contributed by atoms with Gasteiger partial charge < -0.3 is 5.32 Å². The normalized spacial score (nSPS) is 37.8. The highest BCUT2D eigenvalue weighted by molar-refractivity contribution is 5.77. The second kappa shape index (κ2) is 2.93. The molecule has 1 aliphatic heterocycles. The van der Waals surface area contributed by atoms with Crippen molar-refractivity contribution in [3.8, 4) is 0 Å². The van der Waals surface area contributed by atoms with Crippen molar-refractivity contribution in [3.05, 3.63) is 0 Å². The molecule has 2 rings (SSSR count). The lowest BCUT2D eigenvalue weighted by Crippen LogP contribution is -2.50. The molecule has 74 valence electrons. The molecule has 4 heteroatoms. The van der Waals surface area contributed by atoms with Crippen LogP contribution in [0.4, 0.5) is 8.78 Å². The third-order valence-corrected chi connectivity index (χ3v) is 3.04. The Bertz CT molecular complexity index is 230. The van der Waals surface area contributed by atoms with Gasteiger partial charge in [-0.1, -0.05) is 0 Å². The summed E-state index contributed by atoms with van der Waals surface area (Å²) >= 11 is 0. The van der Waals surface area contributed by atoms with E-state index in [0.717, 1.165) is 0 Å². The van der Waals surface area contributed by atoms with Crippen LogP contribution in [0.15, 0.2) is 0 Å². The first kappa shape index (κ1) is 8.91. The zero-order valence-electron chi connectivity index (χ0n) is 7.35. The van der Waals surface area contributed by atoms with Crippen molar-refractivity contribution in [3.63, 3.8) is 0 Å². The summed E-state index contributed by atoms with van der Waals surface area (Å²) < 4.78 is 25.9. The van der Waals surface area contributed by atoms with Crippen LogP contribution in [-0.2, 0) is 4.79 Å². The highest BCUT2D eigenvalue weighted by Crippen LogP contribution is 2.40. The minimum Gasteiger partial charge on any atom is -0.353 e. The van der Waals surface area contributed by atoms with Crippen molar-refractivity contribution in [2.24, 2.45) is 5.92 Å². The molecule has 0 radical (unpaired) electrons. The average Bonchev–Trinajstić information content (AvgIpc) is 2.05. The average molecular weight is 189 g/mol. The summed E-state index contributed by atoms with van der Waals surface area (Å²) in [5.41, 5.74) is 0. The van der Waals surface area contributed by atoms with Gasteiger partial charge in [0.1, 0.15) is 0 Å². The van der Waals surface area contributed by atoms with Crippen LogP contribution in [-0.4, -0.2) is 17.9 Å². The van der Waals surface area contributed by atoms with Gasteiger partial charge in [0.05, 0.1) is 0 Å². The van der Waals surface area contributed by atoms with E-state index in [2.05, 4.69) is 5.32 Å². The Morgan fingerprint density at radius 3 is 2.92 bits per heavy atom. The molecule has 1 saturated carbocycles. The maximum absolute atomic E-state index is 13.0. The number of nitrogens with one attached hydrogen (secondary N) is 1. The second-order valence-electron chi connectivity index (χ2n) is 4.07. The molecular weight excluding hydrogens is 176 g/mol. The van der Waals surface area contributed by atoms with Crippen molar-refractivity contribution in [2.75, 3.05) is 0 Å². The quantitative estimate of drug-likeness (QED) is 0.617. The number of rotatable bonds is 0.